The maximum absolute atomic E-state index is 5.41. The number of hydrogen-bond acceptors (Lipinski definition) is 3. The Hall–Kier alpha value is -0.120. The highest BCUT2D eigenvalue weighted by atomic mass is 16.5. The number of methoxy groups -OCH3 is 1. The Balaban J connectivity index is 2.42. The van der Waals surface area contributed by atoms with Crippen molar-refractivity contribution >= 4 is 0 Å². The maximum Gasteiger partial charge on any atom is 0.0710 e. The van der Waals surface area contributed by atoms with Gasteiger partial charge in [-0.25, -0.2) is 0 Å². The van der Waals surface area contributed by atoms with Crippen molar-refractivity contribution in [3.8, 4) is 0 Å². The highest BCUT2D eigenvalue weighted by molar-refractivity contribution is 4.84. The summed E-state index contributed by atoms with van der Waals surface area (Å²) in [6.07, 6.45) is 1.64. The lowest BCUT2D eigenvalue weighted by atomic mass is 10.0. The SMILES string of the molecule is CCNCC(C(C)C)N1CCC(OC)C1. The van der Waals surface area contributed by atoms with Crippen molar-refractivity contribution in [1.29, 1.82) is 0 Å². The van der Waals surface area contributed by atoms with Crippen molar-refractivity contribution in [2.45, 2.75) is 39.3 Å². The summed E-state index contributed by atoms with van der Waals surface area (Å²) < 4.78 is 5.41. The van der Waals surface area contributed by atoms with Gasteiger partial charge in [-0.1, -0.05) is 20.8 Å². The fraction of sp³-hybridized carbons (Fsp3) is 1.00. The number of hydrogen-bond donors (Lipinski definition) is 1. The molecule has 1 saturated heterocycles. The van der Waals surface area contributed by atoms with Crippen LogP contribution in [0.5, 0.6) is 0 Å². The molecule has 1 N–H and O–H groups in total. The van der Waals surface area contributed by atoms with Crippen molar-refractivity contribution in [2.75, 3.05) is 33.3 Å². The first-order valence-corrected chi connectivity index (χ1v) is 6.16. The average molecular weight is 214 g/mol. The van der Waals surface area contributed by atoms with E-state index in [-0.39, 0.29) is 0 Å². The number of nitrogens with zero attached hydrogens (tertiary/aromatic N) is 1. The zero-order valence-corrected chi connectivity index (χ0v) is 10.6. The number of likely N-dealkylation sites (tertiary alicyclic amines) is 1. The number of ether oxygens (including phenoxy) is 1. The van der Waals surface area contributed by atoms with Crippen molar-refractivity contribution < 1.29 is 4.74 Å². The summed E-state index contributed by atoms with van der Waals surface area (Å²) in [5.74, 6) is 0.708. The Morgan fingerprint density at radius 3 is 2.67 bits per heavy atom. The molecule has 2 atom stereocenters. The molecule has 0 radical (unpaired) electrons. The molecule has 0 aliphatic carbocycles. The van der Waals surface area contributed by atoms with Gasteiger partial charge in [-0.3, -0.25) is 4.90 Å². The molecule has 1 rings (SSSR count). The highest BCUT2D eigenvalue weighted by Gasteiger charge is 2.29. The van der Waals surface area contributed by atoms with E-state index in [0.717, 1.165) is 19.6 Å². The summed E-state index contributed by atoms with van der Waals surface area (Å²) in [6, 6.07) is 0.658. The molecule has 0 saturated carbocycles. The van der Waals surface area contributed by atoms with Crippen LogP contribution in [0.2, 0.25) is 0 Å². The molecule has 1 fully saturated rings. The summed E-state index contributed by atoms with van der Waals surface area (Å²) in [5.41, 5.74) is 0. The zero-order valence-electron chi connectivity index (χ0n) is 10.6. The second kappa shape index (κ2) is 6.46. The fourth-order valence-corrected chi connectivity index (χ4v) is 2.33. The third-order valence-electron chi connectivity index (χ3n) is 3.35. The van der Waals surface area contributed by atoms with Crippen LogP contribution in [0.4, 0.5) is 0 Å². The van der Waals surface area contributed by atoms with Crippen LogP contribution in [0.15, 0.2) is 0 Å². The largest absolute Gasteiger partial charge is 0.380 e. The smallest absolute Gasteiger partial charge is 0.0710 e. The molecule has 1 heterocycles. The summed E-state index contributed by atoms with van der Waals surface area (Å²) in [5, 5.41) is 3.46. The maximum atomic E-state index is 5.41. The van der Waals surface area contributed by atoms with E-state index < -0.39 is 0 Å². The predicted octanol–water partition coefficient (Wildman–Crippen LogP) is 1.34. The van der Waals surface area contributed by atoms with Gasteiger partial charge in [-0.05, 0) is 18.9 Å². The lowest BCUT2D eigenvalue weighted by Gasteiger charge is -2.31. The van der Waals surface area contributed by atoms with E-state index in [0.29, 0.717) is 18.1 Å². The van der Waals surface area contributed by atoms with E-state index in [1.807, 2.05) is 7.11 Å². The lowest BCUT2D eigenvalue weighted by Crippen LogP contribution is -2.44. The van der Waals surface area contributed by atoms with Crippen molar-refractivity contribution in [2.24, 2.45) is 5.92 Å². The van der Waals surface area contributed by atoms with Crippen LogP contribution in [0, 0.1) is 5.92 Å². The van der Waals surface area contributed by atoms with Crippen molar-refractivity contribution in [1.82, 2.24) is 10.2 Å². The third kappa shape index (κ3) is 3.74. The van der Waals surface area contributed by atoms with Crippen LogP contribution in [0.25, 0.3) is 0 Å². The zero-order chi connectivity index (χ0) is 11.3. The van der Waals surface area contributed by atoms with Crippen molar-refractivity contribution in [3.63, 3.8) is 0 Å². The number of rotatable bonds is 6. The second-order valence-electron chi connectivity index (χ2n) is 4.76. The van der Waals surface area contributed by atoms with Crippen LogP contribution >= 0.6 is 0 Å². The standard InChI is InChI=1S/C12H26N2O/c1-5-13-8-12(10(2)3)14-7-6-11(9-14)15-4/h10-13H,5-9H2,1-4H3. The summed E-state index contributed by atoms with van der Waals surface area (Å²) >= 11 is 0. The molecule has 1 aliphatic rings. The quantitative estimate of drug-likeness (QED) is 0.722. The monoisotopic (exact) mass is 214 g/mol. The van der Waals surface area contributed by atoms with Gasteiger partial charge in [0.15, 0.2) is 0 Å². The molecule has 1 aliphatic heterocycles. The molecular weight excluding hydrogens is 188 g/mol. The van der Waals surface area contributed by atoms with Crippen LogP contribution < -0.4 is 5.32 Å². The first kappa shape index (κ1) is 12.9. The molecular formula is C12H26N2O. The van der Waals surface area contributed by atoms with Gasteiger partial charge in [-0.15, -0.1) is 0 Å². The molecule has 15 heavy (non-hydrogen) atoms. The van der Waals surface area contributed by atoms with Crippen LogP contribution in [0.3, 0.4) is 0 Å². The Kier molecular flexibility index (Phi) is 5.58. The number of likely N-dealkylation sites (N-methyl/N-ethyl adjacent to an activating group) is 1. The highest BCUT2D eigenvalue weighted by Crippen LogP contribution is 2.19. The third-order valence-corrected chi connectivity index (χ3v) is 3.35. The number of nitrogens with one attached hydrogen (secondary N) is 1. The average Bonchev–Trinajstić information content (AvgIpc) is 2.66. The van der Waals surface area contributed by atoms with Gasteiger partial charge < -0.3 is 10.1 Å². The van der Waals surface area contributed by atoms with Gasteiger partial charge in [-0.2, -0.15) is 0 Å². The molecule has 0 bridgehead atoms. The van der Waals surface area contributed by atoms with Gasteiger partial charge in [0, 0.05) is 32.8 Å². The summed E-state index contributed by atoms with van der Waals surface area (Å²) in [7, 11) is 1.82. The predicted molar refractivity (Wildman–Crippen MR) is 64.2 cm³/mol. The van der Waals surface area contributed by atoms with Gasteiger partial charge in [0.05, 0.1) is 6.10 Å². The Labute approximate surface area is 94.2 Å². The molecule has 0 amide bonds. The second-order valence-corrected chi connectivity index (χ2v) is 4.76. The van der Waals surface area contributed by atoms with Crippen LogP contribution in [-0.2, 0) is 4.74 Å². The van der Waals surface area contributed by atoms with E-state index in [2.05, 4.69) is 31.0 Å². The van der Waals surface area contributed by atoms with Gasteiger partial charge >= 0.3 is 0 Å². The van der Waals surface area contributed by atoms with E-state index in [1.54, 1.807) is 0 Å². The minimum atomic E-state index is 0.452. The van der Waals surface area contributed by atoms with E-state index in [1.165, 1.54) is 13.0 Å². The van der Waals surface area contributed by atoms with Crippen LogP contribution in [-0.4, -0.2) is 50.3 Å². The van der Waals surface area contributed by atoms with Gasteiger partial charge in [0.25, 0.3) is 0 Å². The Morgan fingerprint density at radius 2 is 2.20 bits per heavy atom. The molecule has 2 unspecified atom stereocenters. The fourth-order valence-electron chi connectivity index (χ4n) is 2.33. The van der Waals surface area contributed by atoms with E-state index in [4.69, 9.17) is 4.74 Å². The minimum absolute atomic E-state index is 0.452. The minimum Gasteiger partial charge on any atom is -0.380 e. The lowest BCUT2D eigenvalue weighted by molar-refractivity contribution is 0.0943. The van der Waals surface area contributed by atoms with Crippen LogP contribution in [0.1, 0.15) is 27.2 Å². The first-order chi connectivity index (χ1) is 7.19. The molecule has 0 aromatic heterocycles. The molecule has 0 aromatic rings. The summed E-state index contributed by atoms with van der Waals surface area (Å²) in [4.78, 5) is 2.57. The topological polar surface area (TPSA) is 24.5 Å². The Bertz CT molecular complexity index is 173. The molecule has 0 aromatic carbocycles. The van der Waals surface area contributed by atoms with Gasteiger partial charge in [0.2, 0.25) is 0 Å². The first-order valence-electron chi connectivity index (χ1n) is 6.16. The summed E-state index contributed by atoms with van der Waals surface area (Å²) in [6.45, 7) is 11.2. The molecule has 90 valence electrons. The van der Waals surface area contributed by atoms with Gasteiger partial charge in [0.1, 0.15) is 0 Å². The normalized spacial score (nSPS) is 25.0. The molecule has 0 spiro atoms. The van der Waals surface area contributed by atoms with Crippen molar-refractivity contribution in [3.05, 3.63) is 0 Å². The van der Waals surface area contributed by atoms with E-state index in [9.17, 15) is 0 Å². The van der Waals surface area contributed by atoms with E-state index >= 15 is 0 Å². The molecule has 3 nitrogen and oxygen atoms in total. The molecule has 3 heteroatoms. The Morgan fingerprint density at radius 1 is 1.47 bits per heavy atom.